The minimum Gasteiger partial charge on any atom is -0.288 e. The highest BCUT2D eigenvalue weighted by Gasteiger charge is 2.59. The Balaban J connectivity index is 1.87. The lowest BCUT2D eigenvalue weighted by Crippen LogP contribution is -2.44. The Kier molecular flexibility index (Phi) is 4.29. The van der Waals surface area contributed by atoms with Gasteiger partial charge in [-0.1, -0.05) is 42.5 Å². The van der Waals surface area contributed by atoms with Crippen molar-refractivity contribution in [2.45, 2.75) is 11.6 Å². The lowest BCUT2D eigenvalue weighted by molar-refractivity contribution is -0.166. The van der Waals surface area contributed by atoms with Crippen LogP contribution in [0.15, 0.2) is 66.7 Å². The zero-order valence-electron chi connectivity index (χ0n) is 16.6. The van der Waals surface area contributed by atoms with Crippen molar-refractivity contribution in [2.24, 2.45) is 0 Å². The number of benzene rings is 3. The summed E-state index contributed by atoms with van der Waals surface area (Å²) in [5.74, 6) is -2.96. The summed E-state index contributed by atoms with van der Waals surface area (Å²) >= 11 is 0. The highest BCUT2D eigenvalue weighted by atomic mass is 19.4. The van der Waals surface area contributed by atoms with E-state index in [1.165, 1.54) is 36.4 Å². The largest absolute Gasteiger partial charge is 0.406 e. The average molecular weight is 450 g/mol. The van der Waals surface area contributed by atoms with E-state index in [9.17, 15) is 19.2 Å². The molecule has 0 saturated heterocycles. The fourth-order valence-electron chi connectivity index (χ4n) is 4.48. The van der Waals surface area contributed by atoms with E-state index in [0.29, 0.717) is 0 Å². The molecule has 4 amide bonds. The summed E-state index contributed by atoms with van der Waals surface area (Å²) in [4.78, 5) is 48.3. The third-order valence-electron chi connectivity index (χ3n) is 5.97. The minimum atomic E-state index is -4.94. The molecule has 0 aliphatic carbocycles. The van der Waals surface area contributed by atoms with Gasteiger partial charge in [-0.2, -0.15) is 13.2 Å². The molecule has 0 unspecified atom stereocenters. The van der Waals surface area contributed by atoms with Gasteiger partial charge in [-0.3, -0.25) is 29.8 Å². The molecule has 0 spiro atoms. The molecule has 3 aromatic carbocycles. The van der Waals surface area contributed by atoms with Crippen molar-refractivity contribution in [3.63, 3.8) is 0 Å². The van der Waals surface area contributed by atoms with Gasteiger partial charge in [0.15, 0.2) is 0 Å². The Morgan fingerprint density at radius 3 is 1.36 bits per heavy atom. The summed E-state index contributed by atoms with van der Waals surface area (Å²) in [5, 5.41) is 4.15. The van der Waals surface area contributed by atoms with Crippen LogP contribution in [-0.4, -0.2) is 29.8 Å². The van der Waals surface area contributed by atoms with Gasteiger partial charge in [0.2, 0.25) is 0 Å². The number of hydrogen-bond acceptors (Lipinski definition) is 4. The molecule has 164 valence electrons. The summed E-state index contributed by atoms with van der Waals surface area (Å²) < 4.78 is 45.4. The minimum absolute atomic E-state index is 0.0215. The van der Waals surface area contributed by atoms with Crippen LogP contribution in [0.1, 0.15) is 58.1 Å². The van der Waals surface area contributed by atoms with Crippen molar-refractivity contribution >= 4 is 23.6 Å². The summed E-state index contributed by atoms with van der Waals surface area (Å²) in [6.45, 7) is 0. The molecule has 0 bridgehead atoms. The quantitative estimate of drug-likeness (QED) is 0.473. The fraction of sp³-hybridized carbons (Fsp3) is 0.0833. The fourth-order valence-corrected chi connectivity index (χ4v) is 4.48. The van der Waals surface area contributed by atoms with Crippen LogP contribution >= 0.6 is 0 Å². The van der Waals surface area contributed by atoms with Crippen LogP contribution in [0, 0.1) is 0 Å². The third kappa shape index (κ3) is 2.82. The normalized spacial score (nSPS) is 15.2. The van der Waals surface area contributed by atoms with Gasteiger partial charge in [0, 0.05) is 0 Å². The molecule has 5 rings (SSSR count). The highest BCUT2D eigenvalue weighted by molar-refractivity contribution is 6.22. The summed E-state index contributed by atoms with van der Waals surface area (Å²) in [6.07, 6.45) is -4.94. The lowest BCUT2D eigenvalue weighted by Gasteiger charge is -2.38. The van der Waals surface area contributed by atoms with Gasteiger partial charge in [0.1, 0.15) is 5.41 Å². The zero-order valence-corrected chi connectivity index (χ0v) is 16.6. The maximum atomic E-state index is 15.1. The first kappa shape index (κ1) is 20.6. The van der Waals surface area contributed by atoms with E-state index in [1.807, 2.05) is 0 Å². The van der Waals surface area contributed by atoms with Crippen molar-refractivity contribution < 1.29 is 32.3 Å². The highest BCUT2D eigenvalue weighted by Crippen LogP contribution is 2.52. The van der Waals surface area contributed by atoms with Gasteiger partial charge >= 0.3 is 6.18 Å². The van der Waals surface area contributed by atoms with Crippen LogP contribution in [0.3, 0.4) is 0 Å². The van der Waals surface area contributed by atoms with Crippen molar-refractivity contribution in [1.82, 2.24) is 10.6 Å². The Bertz CT molecular complexity index is 1300. The number of alkyl halides is 3. The van der Waals surface area contributed by atoms with Gasteiger partial charge in [0.25, 0.3) is 23.6 Å². The number of imide groups is 2. The summed E-state index contributed by atoms with van der Waals surface area (Å²) in [7, 11) is 0. The maximum absolute atomic E-state index is 15.1. The summed E-state index contributed by atoms with van der Waals surface area (Å²) in [6, 6.07) is 13.8. The van der Waals surface area contributed by atoms with Crippen LogP contribution in [0.25, 0.3) is 0 Å². The molecular weight excluding hydrogens is 437 g/mol. The van der Waals surface area contributed by atoms with E-state index in [4.69, 9.17) is 0 Å². The second-order valence-corrected chi connectivity index (χ2v) is 7.70. The van der Waals surface area contributed by atoms with E-state index in [2.05, 4.69) is 10.6 Å². The van der Waals surface area contributed by atoms with Crippen LogP contribution in [0.4, 0.5) is 13.2 Å². The topological polar surface area (TPSA) is 92.3 Å². The van der Waals surface area contributed by atoms with E-state index in [-0.39, 0.29) is 38.9 Å². The monoisotopic (exact) mass is 450 g/mol. The number of fused-ring (bicyclic) bond motifs is 2. The van der Waals surface area contributed by atoms with Crippen molar-refractivity contribution in [1.29, 1.82) is 0 Å². The Morgan fingerprint density at radius 2 is 0.939 bits per heavy atom. The first-order valence-corrected chi connectivity index (χ1v) is 9.77. The molecule has 0 atom stereocenters. The van der Waals surface area contributed by atoms with Crippen molar-refractivity contribution in [2.75, 3.05) is 0 Å². The first-order valence-electron chi connectivity index (χ1n) is 9.77. The van der Waals surface area contributed by atoms with Gasteiger partial charge in [-0.15, -0.1) is 0 Å². The molecule has 2 N–H and O–H groups in total. The van der Waals surface area contributed by atoms with Crippen LogP contribution < -0.4 is 10.6 Å². The van der Waals surface area contributed by atoms with Gasteiger partial charge in [0.05, 0.1) is 22.3 Å². The molecule has 2 aliphatic heterocycles. The van der Waals surface area contributed by atoms with Crippen LogP contribution in [0.5, 0.6) is 0 Å². The zero-order chi connectivity index (χ0) is 23.5. The predicted molar refractivity (Wildman–Crippen MR) is 109 cm³/mol. The Hall–Kier alpha value is -4.27. The molecule has 0 radical (unpaired) electrons. The number of nitrogens with one attached hydrogen (secondary N) is 2. The molecule has 33 heavy (non-hydrogen) atoms. The molecule has 9 heteroatoms. The van der Waals surface area contributed by atoms with E-state index < -0.39 is 35.2 Å². The van der Waals surface area contributed by atoms with Crippen molar-refractivity contribution in [3.8, 4) is 0 Å². The Labute approximate surface area is 184 Å². The van der Waals surface area contributed by atoms with E-state index >= 15 is 13.2 Å². The molecule has 0 fully saturated rings. The van der Waals surface area contributed by atoms with Gasteiger partial charge in [-0.25, -0.2) is 0 Å². The van der Waals surface area contributed by atoms with Crippen molar-refractivity contribution in [3.05, 3.63) is 106 Å². The van der Waals surface area contributed by atoms with E-state index in [1.54, 1.807) is 6.07 Å². The number of carbonyl (C=O) groups excluding carboxylic acids is 4. The predicted octanol–water partition coefficient (Wildman–Crippen LogP) is 3.35. The van der Waals surface area contributed by atoms with Gasteiger partial charge in [-0.05, 0) is 41.0 Å². The van der Waals surface area contributed by atoms with E-state index in [0.717, 1.165) is 24.3 Å². The number of halogens is 3. The number of carbonyl (C=O) groups is 4. The standard InChI is InChI=1S/C24H13F3N2O4/c25-24(26,27)23(12-4-2-1-3-5-12,13-6-8-15-17(10-13)21(32)28-19(15)30)14-7-9-16-18(11-14)22(33)29-20(16)31/h1-11H,(H,28,30,32)(H,29,31,33). The smallest absolute Gasteiger partial charge is 0.288 e. The number of rotatable bonds is 3. The first-order chi connectivity index (χ1) is 15.6. The molecule has 6 nitrogen and oxygen atoms in total. The maximum Gasteiger partial charge on any atom is 0.406 e. The molecule has 0 saturated carbocycles. The van der Waals surface area contributed by atoms with Crippen LogP contribution in [0.2, 0.25) is 0 Å². The number of hydrogen-bond donors (Lipinski definition) is 2. The molecule has 2 aliphatic rings. The average Bonchev–Trinajstić information content (AvgIpc) is 3.22. The molecule has 2 heterocycles. The molecular formula is C24H13F3N2O4. The second-order valence-electron chi connectivity index (χ2n) is 7.70. The van der Waals surface area contributed by atoms with Gasteiger partial charge < -0.3 is 0 Å². The molecule has 0 aromatic heterocycles. The second kappa shape index (κ2) is 6.86. The number of amides is 4. The van der Waals surface area contributed by atoms with Crippen LogP contribution in [-0.2, 0) is 5.41 Å². The Morgan fingerprint density at radius 1 is 0.515 bits per heavy atom. The molecule has 3 aromatic rings. The SMILES string of the molecule is O=C1NC(=O)c2cc(C(c3ccccc3)(c3ccc4c(c3)C(=O)NC4=O)C(F)(F)F)ccc21. The lowest BCUT2D eigenvalue weighted by atomic mass is 9.68. The third-order valence-corrected chi connectivity index (χ3v) is 5.97. The summed E-state index contributed by atoms with van der Waals surface area (Å²) in [5.41, 5.74) is -3.96.